The van der Waals surface area contributed by atoms with Crippen molar-refractivity contribution >= 4 is 17.9 Å². The number of esters is 3. The second-order valence-electron chi connectivity index (χ2n) is 24.9. The maximum atomic E-state index is 13.0. The van der Waals surface area contributed by atoms with Crippen molar-refractivity contribution in [2.24, 2.45) is 0 Å². The van der Waals surface area contributed by atoms with Crippen molar-refractivity contribution in [1.82, 2.24) is 0 Å². The van der Waals surface area contributed by atoms with Crippen molar-refractivity contribution in [3.63, 3.8) is 0 Å². The second kappa shape index (κ2) is 70.9. The summed E-state index contributed by atoms with van der Waals surface area (Å²) in [5.74, 6) is -0.860. The summed E-state index contributed by atoms with van der Waals surface area (Å²) in [6, 6.07) is 0. The summed E-state index contributed by atoms with van der Waals surface area (Å²) in [6.45, 7) is 6.67. The Balaban J connectivity index is 4.27. The summed E-state index contributed by atoms with van der Waals surface area (Å²) >= 11 is 0. The van der Waals surface area contributed by atoms with Crippen molar-refractivity contribution in [2.75, 3.05) is 13.2 Å². The van der Waals surface area contributed by atoms with Crippen LogP contribution in [0.2, 0.25) is 0 Å². The minimum atomic E-state index is -0.779. The molecule has 82 heavy (non-hydrogen) atoms. The lowest BCUT2D eigenvalue weighted by atomic mass is 10.0. The van der Waals surface area contributed by atoms with E-state index in [4.69, 9.17) is 14.2 Å². The number of hydrogen-bond acceptors (Lipinski definition) is 6. The van der Waals surface area contributed by atoms with Gasteiger partial charge in [0.05, 0.1) is 0 Å². The van der Waals surface area contributed by atoms with Gasteiger partial charge in [0.2, 0.25) is 0 Å². The molecule has 1 unspecified atom stereocenters. The first-order valence-electron chi connectivity index (χ1n) is 36.6. The first-order valence-corrected chi connectivity index (χ1v) is 36.6. The largest absolute Gasteiger partial charge is 0.462 e. The van der Waals surface area contributed by atoms with Crippen LogP contribution in [0.4, 0.5) is 0 Å². The summed E-state index contributed by atoms with van der Waals surface area (Å²) in [7, 11) is 0. The third kappa shape index (κ3) is 68.2. The summed E-state index contributed by atoms with van der Waals surface area (Å²) in [4.78, 5) is 38.5. The molecular formula is C76H140O6. The Morgan fingerprint density at radius 3 is 0.695 bits per heavy atom. The molecule has 0 spiro atoms. The normalized spacial score (nSPS) is 12.3. The molecule has 0 rings (SSSR count). The van der Waals surface area contributed by atoms with Crippen molar-refractivity contribution in [3.8, 4) is 0 Å². The van der Waals surface area contributed by atoms with Gasteiger partial charge < -0.3 is 14.2 Å². The molecule has 6 nitrogen and oxygen atoms in total. The predicted octanol–water partition coefficient (Wildman–Crippen LogP) is 25.3. The van der Waals surface area contributed by atoms with E-state index in [0.717, 1.165) is 83.5 Å². The molecule has 1 atom stereocenters. The molecule has 0 saturated heterocycles. The molecule has 6 heteroatoms. The van der Waals surface area contributed by atoms with Crippen LogP contribution in [0, 0.1) is 0 Å². The summed E-state index contributed by atoms with van der Waals surface area (Å²) in [6.07, 6.45) is 90.0. The molecule has 0 aromatic carbocycles. The van der Waals surface area contributed by atoms with Crippen LogP contribution in [0.5, 0.6) is 0 Å². The highest BCUT2D eigenvalue weighted by Crippen LogP contribution is 2.19. The van der Waals surface area contributed by atoms with Gasteiger partial charge in [0, 0.05) is 19.3 Å². The van der Waals surface area contributed by atoms with E-state index < -0.39 is 6.10 Å². The van der Waals surface area contributed by atoms with Gasteiger partial charge in [-0.05, 0) is 83.5 Å². The Labute approximate surface area is 511 Å². The topological polar surface area (TPSA) is 78.9 Å². The molecule has 0 aliphatic heterocycles. The molecule has 0 N–H and O–H groups in total. The van der Waals surface area contributed by atoms with Crippen molar-refractivity contribution < 1.29 is 28.6 Å². The number of ether oxygens (including phenoxy) is 3. The lowest BCUT2D eigenvalue weighted by Crippen LogP contribution is -2.30. The fourth-order valence-electron chi connectivity index (χ4n) is 11.0. The first kappa shape index (κ1) is 79.4. The van der Waals surface area contributed by atoms with Crippen LogP contribution in [-0.2, 0) is 28.6 Å². The van der Waals surface area contributed by atoms with Crippen molar-refractivity contribution in [1.29, 1.82) is 0 Å². The second-order valence-corrected chi connectivity index (χ2v) is 24.9. The zero-order valence-corrected chi connectivity index (χ0v) is 55.3. The van der Waals surface area contributed by atoms with E-state index in [9.17, 15) is 14.4 Å². The molecule has 0 aromatic rings. The van der Waals surface area contributed by atoms with Crippen LogP contribution in [0.25, 0.3) is 0 Å². The third-order valence-corrected chi connectivity index (χ3v) is 16.6. The van der Waals surface area contributed by atoms with Gasteiger partial charge in [0.15, 0.2) is 6.10 Å². The number of hydrogen-bond donors (Lipinski definition) is 0. The lowest BCUT2D eigenvalue weighted by molar-refractivity contribution is -0.167. The van der Waals surface area contributed by atoms with Gasteiger partial charge in [-0.2, -0.15) is 0 Å². The molecule has 0 aromatic heterocycles. The molecule has 480 valence electrons. The van der Waals surface area contributed by atoms with Crippen LogP contribution in [0.3, 0.4) is 0 Å². The average Bonchev–Trinajstić information content (AvgIpc) is 3.48. The fraction of sp³-hybridized carbons (Fsp3) is 0.855. The minimum absolute atomic E-state index is 0.0736. The quantitative estimate of drug-likeness (QED) is 0.0261. The maximum Gasteiger partial charge on any atom is 0.306 e. The third-order valence-electron chi connectivity index (χ3n) is 16.6. The minimum Gasteiger partial charge on any atom is -0.462 e. The summed E-state index contributed by atoms with van der Waals surface area (Å²) in [5, 5.41) is 0. The van der Waals surface area contributed by atoms with Gasteiger partial charge in [-0.25, -0.2) is 0 Å². The number of rotatable bonds is 68. The first-order chi connectivity index (χ1) is 40.5. The molecule has 0 aliphatic carbocycles. The Kier molecular flexibility index (Phi) is 68.6. The van der Waals surface area contributed by atoms with Crippen molar-refractivity contribution in [2.45, 2.75) is 406 Å². The van der Waals surface area contributed by atoms with Gasteiger partial charge in [0.1, 0.15) is 13.2 Å². The van der Waals surface area contributed by atoms with Crippen molar-refractivity contribution in [3.05, 3.63) is 48.6 Å². The van der Waals surface area contributed by atoms with E-state index in [1.165, 1.54) is 276 Å². The number of carbonyl (C=O) groups is 3. The van der Waals surface area contributed by atoms with E-state index in [2.05, 4.69) is 69.4 Å². The smallest absolute Gasteiger partial charge is 0.306 e. The molecule has 0 aliphatic rings. The van der Waals surface area contributed by atoms with E-state index in [1.807, 2.05) is 0 Å². The molecular weight excluding hydrogens is 1010 g/mol. The monoisotopic (exact) mass is 1150 g/mol. The Morgan fingerprint density at radius 1 is 0.244 bits per heavy atom. The van der Waals surface area contributed by atoms with Crippen LogP contribution in [0.15, 0.2) is 48.6 Å². The molecule has 0 heterocycles. The van der Waals surface area contributed by atoms with Gasteiger partial charge in [-0.1, -0.05) is 345 Å². The van der Waals surface area contributed by atoms with Gasteiger partial charge in [0.25, 0.3) is 0 Å². The standard InChI is InChI=1S/C76H140O6/c1-4-7-10-13-16-19-22-25-28-30-32-34-36-38-40-41-43-45-48-51-54-57-60-63-66-69-75(78)81-72-73(71-80-74(77)68-65-62-59-56-53-50-47-27-24-21-18-15-12-9-6-3)82-76(79)70-67-64-61-58-55-52-49-46-44-42-39-37-35-33-31-29-26-23-20-17-14-11-8-5-2/h18,21-22,25,27,30,32,47,73H,4-17,19-20,23-24,26,28-29,31,33-46,48-72H2,1-3H3/b21-18-,25-22-,32-30-,47-27-. The Morgan fingerprint density at radius 2 is 0.439 bits per heavy atom. The van der Waals surface area contributed by atoms with Crippen LogP contribution < -0.4 is 0 Å². The number of allylic oxidation sites excluding steroid dienone is 8. The predicted molar refractivity (Wildman–Crippen MR) is 358 cm³/mol. The SMILES string of the molecule is CCCCC/C=C\C/C=C\CCCCCCCC(=O)OCC(COC(=O)CCCCCCCCCCCCCCC/C=C\C/C=C\CCCCCCC)OC(=O)CCCCCCCCCCCCCCCCCCCCCCCCCC. The van der Waals surface area contributed by atoms with E-state index in [-0.39, 0.29) is 31.1 Å². The lowest BCUT2D eigenvalue weighted by Gasteiger charge is -2.18. The molecule has 0 bridgehead atoms. The van der Waals surface area contributed by atoms with E-state index >= 15 is 0 Å². The fourth-order valence-corrected chi connectivity index (χ4v) is 11.0. The van der Waals surface area contributed by atoms with E-state index in [1.54, 1.807) is 0 Å². The maximum absolute atomic E-state index is 13.0. The van der Waals surface area contributed by atoms with Crippen LogP contribution >= 0.6 is 0 Å². The molecule has 0 fully saturated rings. The number of unbranched alkanes of at least 4 members (excludes halogenated alkanes) is 49. The zero-order valence-electron chi connectivity index (χ0n) is 55.3. The van der Waals surface area contributed by atoms with Gasteiger partial charge in [-0.3, -0.25) is 14.4 Å². The molecule has 0 radical (unpaired) electrons. The van der Waals surface area contributed by atoms with E-state index in [0.29, 0.717) is 19.3 Å². The highest BCUT2D eigenvalue weighted by atomic mass is 16.6. The molecule has 0 saturated carbocycles. The Bertz CT molecular complexity index is 1410. The molecule has 0 amide bonds. The highest BCUT2D eigenvalue weighted by molar-refractivity contribution is 5.71. The van der Waals surface area contributed by atoms with Crippen LogP contribution in [0.1, 0.15) is 400 Å². The Hall–Kier alpha value is -2.63. The summed E-state index contributed by atoms with van der Waals surface area (Å²) in [5.41, 5.74) is 0. The highest BCUT2D eigenvalue weighted by Gasteiger charge is 2.19. The zero-order chi connectivity index (χ0) is 59.2. The van der Waals surface area contributed by atoms with Crippen LogP contribution in [-0.4, -0.2) is 37.2 Å². The average molecular weight is 1150 g/mol. The summed E-state index contributed by atoms with van der Waals surface area (Å²) < 4.78 is 17.0. The van der Waals surface area contributed by atoms with Gasteiger partial charge >= 0.3 is 17.9 Å². The van der Waals surface area contributed by atoms with Gasteiger partial charge in [-0.15, -0.1) is 0 Å². The number of carbonyl (C=O) groups excluding carboxylic acids is 3.